The van der Waals surface area contributed by atoms with Crippen molar-refractivity contribution in [1.29, 1.82) is 0 Å². The van der Waals surface area contributed by atoms with Gasteiger partial charge in [0.05, 0.1) is 6.10 Å². The first-order chi connectivity index (χ1) is 8.22. The lowest BCUT2D eigenvalue weighted by molar-refractivity contribution is 0.128. The van der Waals surface area contributed by atoms with Gasteiger partial charge in [-0.1, -0.05) is 32.4 Å². The summed E-state index contributed by atoms with van der Waals surface area (Å²) in [5.74, 6) is 1.97. The molecular formula is C14H20O3. The molecule has 0 saturated heterocycles. The van der Waals surface area contributed by atoms with Crippen LogP contribution in [0.5, 0.6) is 11.5 Å². The van der Waals surface area contributed by atoms with E-state index >= 15 is 0 Å². The topological polar surface area (TPSA) is 38.7 Å². The van der Waals surface area contributed by atoms with Gasteiger partial charge in [-0.2, -0.15) is 0 Å². The number of ether oxygens (including phenoxy) is 2. The molecule has 1 aromatic rings. The number of hydrogen-bond donors (Lipinski definition) is 1. The van der Waals surface area contributed by atoms with Crippen LogP contribution in [0.25, 0.3) is 0 Å². The lowest BCUT2D eigenvalue weighted by Gasteiger charge is -2.24. The van der Waals surface area contributed by atoms with Crippen LogP contribution in [0.2, 0.25) is 0 Å². The second kappa shape index (κ2) is 5.41. The van der Waals surface area contributed by atoms with Crippen molar-refractivity contribution in [1.82, 2.24) is 0 Å². The van der Waals surface area contributed by atoms with Crippen LogP contribution in [0.3, 0.4) is 0 Å². The van der Waals surface area contributed by atoms with Gasteiger partial charge in [0.2, 0.25) is 0 Å². The molecule has 1 N–H and O–H groups in total. The molecule has 0 amide bonds. The van der Waals surface area contributed by atoms with Crippen LogP contribution in [-0.2, 0) is 0 Å². The Morgan fingerprint density at radius 3 is 2.82 bits per heavy atom. The maximum Gasteiger partial charge on any atom is 0.167 e. The summed E-state index contributed by atoms with van der Waals surface area (Å²) in [7, 11) is 0. The van der Waals surface area contributed by atoms with Gasteiger partial charge in [-0.25, -0.2) is 0 Å². The third kappa shape index (κ3) is 2.72. The molecule has 0 aromatic heterocycles. The first-order valence-electron chi connectivity index (χ1n) is 6.29. The molecule has 1 aromatic carbocycles. The Balaban J connectivity index is 2.20. The molecule has 1 heterocycles. The van der Waals surface area contributed by atoms with Crippen LogP contribution < -0.4 is 9.47 Å². The van der Waals surface area contributed by atoms with E-state index in [0.29, 0.717) is 19.1 Å². The first-order valence-corrected chi connectivity index (χ1v) is 6.29. The van der Waals surface area contributed by atoms with Crippen molar-refractivity contribution in [2.75, 3.05) is 13.2 Å². The van der Waals surface area contributed by atoms with Crippen LogP contribution in [-0.4, -0.2) is 18.3 Å². The van der Waals surface area contributed by atoms with Gasteiger partial charge in [-0.15, -0.1) is 0 Å². The minimum absolute atomic E-state index is 0.471. The molecule has 2 atom stereocenters. The Labute approximate surface area is 102 Å². The molecule has 0 saturated carbocycles. The van der Waals surface area contributed by atoms with E-state index in [1.54, 1.807) is 0 Å². The standard InChI is InChI=1S/C14H20O3/c1-3-10(2)9-12(15)11-5-4-6-13-14(11)17-8-7-16-13/h4-6,10,12,15H,3,7-9H2,1-2H3. The van der Waals surface area contributed by atoms with E-state index in [9.17, 15) is 5.11 Å². The van der Waals surface area contributed by atoms with E-state index in [-0.39, 0.29) is 0 Å². The van der Waals surface area contributed by atoms with Gasteiger partial charge < -0.3 is 14.6 Å². The third-order valence-electron chi connectivity index (χ3n) is 3.28. The van der Waals surface area contributed by atoms with Gasteiger partial charge in [0.1, 0.15) is 13.2 Å². The predicted molar refractivity (Wildman–Crippen MR) is 66.5 cm³/mol. The summed E-state index contributed by atoms with van der Waals surface area (Å²) >= 11 is 0. The second-order valence-electron chi connectivity index (χ2n) is 4.64. The van der Waals surface area contributed by atoms with Crippen LogP contribution in [0, 0.1) is 5.92 Å². The van der Waals surface area contributed by atoms with Crippen LogP contribution in [0.1, 0.15) is 38.4 Å². The van der Waals surface area contributed by atoms with E-state index in [0.717, 1.165) is 29.9 Å². The zero-order valence-corrected chi connectivity index (χ0v) is 10.5. The van der Waals surface area contributed by atoms with Crippen LogP contribution in [0.4, 0.5) is 0 Å². The number of rotatable bonds is 4. The molecule has 3 nitrogen and oxygen atoms in total. The zero-order valence-electron chi connectivity index (χ0n) is 10.5. The average molecular weight is 236 g/mol. The van der Waals surface area contributed by atoms with Gasteiger partial charge in [-0.05, 0) is 18.4 Å². The first kappa shape index (κ1) is 12.2. The number of aliphatic hydroxyl groups is 1. The Kier molecular flexibility index (Phi) is 3.89. The summed E-state index contributed by atoms with van der Waals surface area (Å²) < 4.78 is 11.1. The predicted octanol–water partition coefficient (Wildman–Crippen LogP) is 2.93. The van der Waals surface area contributed by atoms with E-state index in [4.69, 9.17) is 9.47 Å². The van der Waals surface area contributed by atoms with Crippen molar-refractivity contribution in [3.05, 3.63) is 23.8 Å². The third-order valence-corrected chi connectivity index (χ3v) is 3.28. The zero-order chi connectivity index (χ0) is 12.3. The molecule has 0 bridgehead atoms. The monoisotopic (exact) mass is 236 g/mol. The van der Waals surface area contributed by atoms with Gasteiger partial charge >= 0.3 is 0 Å². The molecule has 1 aliphatic rings. The van der Waals surface area contributed by atoms with Crippen molar-refractivity contribution < 1.29 is 14.6 Å². The average Bonchev–Trinajstić information content (AvgIpc) is 2.37. The lowest BCUT2D eigenvalue weighted by Crippen LogP contribution is -2.17. The molecule has 0 fully saturated rings. The van der Waals surface area contributed by atoms with E-state index in [2.05, 4.69) is 13.8 Å². The number of fused-ring (bicyclic) bond motifs is 1. The summed E-state index contributed by atoms with van der Waals surface area (Å²) in [4.78, 5) is 0. The normalized spacial score (nSPS) is 17.6. The maximum atomic E-state index is 10.2. The molecule has 94 valence electrons. The fourth-order valence-electron chi connectivity index (χ4n) is 2.03. The number of aliphatic hydroxyl groups excluding tert-OH is 1. The fraction of sp³-hybridized carbons (Fsp3) is 0.571. The van der Waals surface area contributed by atoms with Crippen molar-refractivity contribution in [3.8, 4) is 11.5 Å². The molecule has 17 heavy (non-hydrogen) atoms. The van der Waals surface area contributed by atoms with Gasteiger partial charge in [0, 0.05) is 5.56 Å². The summed E-state index contributed by atoms with van der Waals surface area (Å²) in [5, 5.41) is 10.2. The minimum atomic E-state index is -0.471. The molecule has 2 unspecified atom stereocenters. The number of benzene rings is 1. The largest absolute Gasteiger partial charge is 0.486 e. The molecule has 3 heteroatoms. The van der Waals surface area contributed by atoms with E-state index in [1.165, 1.54) is 0 Å². The fourth-order valence-corrected chi connectivity index (χ4v) is 2.03. The van der Waals surface area contributed by atoms with E-state index in [1.807, 2.05) is 18.2 Å². The second-order valence-corrected chi connectivity index (χ2v) is 4.64. The highest BCUT2D eigenvalue weighted by molar-refractivity contribution is 5.48. The molecule has 0 aliphatic carbocycles. The van der Waals surface area contributed by atoms with Gasteiger partial charge in [0.25, 0.3) is 0 Å². The summed E-state index contributed by atoms with van der Waals surface area (Å²) in [6.07, 6.45) is 1.36. The summed E-state index contributed by atoms with van der Waals surface area (Å²) in [6.45, 7) is 5.42. The van der Waals surface area contributed by atoms with Gasteiger partial charge in [-0.3, -0.25) is 0 Å². The molecular weight excluding hydrogens is 216 g/mol. The van der Waals surface area contributed by atoms with Crippen molar-refractivity contribution in [3.63, 3.8) is 0 Å². The number of hydrogen-bond acceptors (Lipinski definition) is 3. The summed E-state index contributed by atoms with van der Waals surface area (Å²) in [5.41, 5.74) is 0.850. The minimum Gasteiger partial charge on any atom is -0.486 e. The Bertz CT molecular complexity index is 376. The molecule has 0 spiro atoms. The van der Waals surface area contributed by atoms with Crippen molar-refractivity contribution in [2.24, 2.45) is 5.92 Å². The van der Waals surface area contributed by atoms with Crippen molar-refractivity contribution in [2.45, 2.75) is 32.8 Å². The molecule has 0 radical (unpaired) electrons. The maximum absolute atomic E-state index is 10.2. The Morgan fingerprint density at radius 1 is 1.29 bits per heavy atom. The van der Waals surface area contributed by atoms with E-state index < -0.39 is 6.10 Å². The quantitative estimate of drug-likeness (QED) is 0.873. The van der Waals surface area contributed by atoms with Crippen LogP contribution in [0.15, 0.2) is 18.2 Å². The highest BCUT2D eigenvalue weighted by Crippen LogP contribution is 2.38. The summed E-state index contributed by atoms with van der Waals surface area (Å²) in [6, 6.07) is 5.71. The molecule has 1 aliphatic heterocycles. The van der Waals surface area contributed by atoms with Gasteiger partial charge in [0.15, 0.2) is 11.5 Å². The van der Waals surface area contributed by atoms with Crippen LogP contribution >= 0.6 is 0 Å². The highest BCUT2D eigenvalue weighted by Gasteiger charge is 2.21. The number of para-hydroxylation sites is 1. The lowest BCUT2D eigenvalue weighted by atomic mass is 9.95. The van der Waals surface area contributed by atoms with Crippen molar-refractivity contribution >= 4 is 0 Å². The Hall–Kier alpha value is -1.22. The SMILES string of the molecule is CCC(C)CC(O)c1cccc2c1OCCO2. The smallest absolute Gasteiger partial charge is 0.167 e. The molecule has 2 rings (SSSR count). The Morgan fingerprint density at radius 2 is 2.06 bits per heavy atom. The highest BCUT2D eigenvalue weighted by atomic mass is 16.6.